The molecular formula is C18H17Br2NO2. The van der Waals surface area contributed by atoms with Crippen LogP contribution in [0.3, 0.4) is 0 Å². The molecule has 3 rings (SSSR count). The van der Waals surface area contributed by atoms with Crippen molar-refractivity contribution in [2.75, 3.05) is 0 Å². The van der Waals surface area contributed by atoms with Crippen molar-refractivity contribution < 1.29 is 9.90 Å². The Morgan fingerprint density at radius 2 is 1.83 bits per heavy atom. The Bertz CT molecular complexity index is 759. The second-order valence-corrected chi connectivity index (χ2v) is 8.14. The van der Waals surface area contributed by atoms with Gasteiger partial charge in [0.1, 0.15) is 5.75 Å². The van der Waals surface area contributed by atoms with E-state index in [-0.39, 0.29) is 17.7 Å². The van der Waals surface area contributed by atoms with Crippen LogP contribution in [0, 0.1) is 5.41 Å². The van der Waals surface area contributed by atoms with Crippen LogP contribution in [0.2, 0.25) is 0 Å². The SMILES string of the molecule is CC1(C)C(=O)N(Cc2ccccc2)C1c1cc(Br)cc(Br)c1O. The number of aromatic hydroxyl groups is 1. The van der Waals surface area contributed by atoms with E-state index in [0.717, 1.165) is 15.6 Å². The fraction of sp³-hybridized carbons (Fsp3) is 0.278. The molecule has 0 radical (unpaired) electrons. The molecule has 1 aliphatic heterocycles. The fourth-order valence-electron chi connectivity index (χ4n) is 3.22. The smallest absolute Gasteiger partial charge is 0.231 e. The number of hydrogen-bond donors (Lipinski definition) is 1. The molecule has 120 valence electrons. The molecule has 1 atom stereocenters. The number of carbonyl (C=O) groups excluding carboxylic acids is 1. The Balaban J connectivity index is 2.00. The van der Waals surface area contributed by atoms with E-state index in [1.165, 1.54) is 0 Å². The van der Waals surface area contributed by atoms with Crippen molar-refractivity contribution in [3.05, 3.63) is 62.5 Å². The van der Waals surface area contributed by atoms with Crippen LogP contribution < -0.4 is 0 Å². The first-order valence-corrected chi connectivity index (χ1v) is 8.94. The predicted molar refractivity (Wildman–Crippen MR) is 97.0 cm³/mol. The van der Waals surface area contributed by atoms with Gasteiger partial charge in [-0.3, -0.25) is 4.79 Å². The summed E-state index contributed by atoms with van der Waals surface area (Å²) in [4.78, 5) is 14.4. The molecule has 1 fully saturated rings. The molecule has 1 amide bonds. The topological polar surface area (TPSA) is 40.5 Å². The number of β-lactam (4-membered cyclic amide) rings is 1. The minimum atomic E-state index is -0.535. The Labute approximate surface area is 152 Å². The average molecular weight is 439 g/mol. The van der Waals surface area contributed by atoms with Crippen LogP contribution in [0.4, 0.5) is 0 Å². The molecule has 3 nitrogen and oxygen atoms in total. The molecule has 2 aromatic rings. The van der Waals surface area contributed by atoms with Crippen molar-refractivity contribution in [2.45, 2.75) is 26.4 Å². The predicted octanol–water partition coefficient (Wildman–Crippen LogP) is 5.03. The maximum absolute atomic E-state index is 12.6. The first-order valence-electron chi connectivity index (χ1n) is 7.35. The second kappa shape index (κ2) is 5.95. The number of likely N-dealkylation sites (tertiary alicyclic amines) is 1. The monoisotopic (exact) mass is 437 g/mol. The second-order valence-electron chi connectivity index (χ2n) is 6.37. The van der Waals surface area contributed by atoms with Crippen molar-refractivity contribution in [1.82, 2.24) is 4.90 Å². The highest BCUT2D eigenvalue weighted by Gasteiger charge is 2.55. The minimum absolute atomic E-state index is 0.0989. The van der Waals surface area contributed by atoms with Crippen LogP contribution in [-0.4, -0.2) is 15.9 Å². The number of benzene rings is 2. The number of carbonyl (C=O) groups is 1. The lowest BCUT2D eigenvalue weighted by Crippen LogP contribution is -2.60. The molecule has 1 heterocycles. The van der Waals surface area contributed by atoms with Gasteiger partial charge < -0.3 is 10.0 Å². The summed E-state index contributed by atoms with van der Waals surface area (Å²) < 4.78 is 1.49. The number of amides is 1. The zero-order chi connectivity index (χ0) is 16.8. The van der Waals surface area contributed by atoms with Crippen LogP contribution in [0.25, 0.3) is 0 Å². The summed E-state index contributed by atoms with van der Waals surface area (Å²) in [6, 6.07) is 13.4. The Hall–Kier alpha value is -1.33. The van der Waals surface area contributed by atoms with E-state index in [9.17, 15) is 9.90 Å². The van der Waals surface area contributed by atoms with Gasteiger partial charge in [-0.25, -0.2) is 0 Å². The highest BCUT2D eigenvalue weighted by molar-refractivity contribution is 9.11. The summed E-state index contributed by atoms with van der Waals surface area (Å²) >= 11 is 6.84. The maximum atomic E-state index is 12.6. The number of rotatable bonds is 3. The van der Waals surface area contributed by atoms with Crippen LogP contribution in [0.5, 0.6) is 5.75 Å². The van der Waals surface area contributed by atoms with Gasteiger partial charge in [-0.2, -0.15) is 0 Å². The quantitative estimate of drug-likeness (QED) is 0.683. The minimum Gasteiger partial charge on any atom is -0.506 e. The lowest BCUT2D eigenvalue weighted by atomic mass is 9.70. The number of nitrogens with zero attached hydrogens (tertiary/aromatic N) is 1. The van der Waals surface area contributed by atoms with Gasteiger partial charge in [0.25, 0.3) is 0 Å². The average Bonchev–Trinajstić information content (AvgIpc) is 2.51. The fourth-order valence-corrected chi connectivity index (χ4v) is 4.48. The molecule has 0 saturated carbocycles. The first-order chi connectivity index (χ1) is 10.8. The van der Waals surface area contributed by atoms with E-state index in [1.54, 1.807) is 6.07 Å². The van der Waals surface area contributed by atoms with Crippen molar-refractivity contribution in [3.8, 4) is 5.75 Å². The van der Waals surface area contributed by atoms with Gasteiger partial charge in [0.2, 0.25) is 5.91 Å². The number of halogens is 2. The largest absolute Gasteiger partial charge is 0.506 e. The number of phenolic OH excluding ortho intramolecular Hbond substituents is 1. The van der Waals surface area contributed by atoms with E-state index in [1.807, 2.05) is 55.1 Å². The molecule has 5 heteroatoms. The van der Waals surface area contributed by atoms with Crippen LogP contribution >= 0.6 is 31.9 Å². The molecule has 0 aliphatic carbocycles. The summed E-state index contributed by atoms with van der Waals surface area (Å²) in [6.07, 6.45) is 0. The molecule has 0 aromatic heterocycles. The molecular weight excluding hydrogens is 422 g/mol. The molecule has 2 aromatic carbocycles. The lowest BCUT2D eigenvalue weighted by Gasteiger charge is -2.53. The van der Waals surface area contributed by atoms with Crippen molar-refractivity contribution in [3.63, 3.8) is 0 Å². The third kappa shape index (κ3) is 2.81. The normalized spacial score (nSPS) is 19.6. The third-order valence-corrected chi connectivity index (χ3v) is 5.42. The summed E-state index contributed by atoms with van der Waals surface area (Å²) in [5.41, 5.74) is 1.30. The Morgan fingerprint density at radius 1 is 1.17 bits per heavy atom. The van der Waals surface area contributed by atoms with Gasteiger partial charge in [0.15, 0.2) is 0 Å². The van der Waals surface area contributed by atoms with Gasteiger partial charge in [-0.15, -0.1) is 0 Å². The number of phenols is 1. The summed E-state index contributed by atoms with van der Waals surface area (Å²) in [6.45, 7) is 4.39. The van der Waals surface area contributed by atoms with Crippen molar-refractivity contribution >= 4 is 37.8 Å². The highest BCUT2D eigenvalue weighted by atomic mass is 79.9. The standard InChI is InChI=1S/C18H17Br2NO2/c1-18(2)16(13-8-12(19)9-14(20)15(13)22)21(17(18)23)10-11-6-4-3-5-7-11/h3-9,16,22H,10H2,1-2H3. The van der Waals surface area contributed by atoms with E-state index < -0.39 is 5.41 Å². The van der Waals surface area contributed by atoms with Gasteiger partial charge in [0.05, 0.1) is 15.9 Å². The van der Waals surface area contributed by atoms with E-state index in [4.69, 9.17) is 0 Å². The highest BCUT2D eigenvalue weighted by Crippen LogP contribution is 2.53. The van der Waals surface area contributed by atoms with E-state index in [2.05, 4.69) is 31.9 Å². The van der Waals surface area contributed by atoms with Crippen molar-refractivity contribution in [2.24, 2.45) is 5.41 Å². The molecule has 1 N–H and O–H groups in total. The zero-order valence-electron chi connectivity index (χ0n) is 12.9. The molecule has 1 unspecified atom stereocenters. The maximum Gasteiger partial charge on any atom is 0.231 e. The summed E-state index contributed by atoms with van der Waals surface area (Å²) in [5, 5.41) is 10.5. The lowest BCUT2D eigenvalue weighted by molar-refractivity contribution is -0.170. The van der Waals surface area contributed by atoms with Crippen LogP contribution in [-0.2, 0) is 11.3 Å². The molecule has 1 saturated heterocycles. The third-order valence-electron chi connectivity index (χ3n) is 4.36. The molecule has 23 heavy (non-hydrogen) atoms. The summed E-state index contributed by atoms with van der Waals surface area (Å²) in [7, 11) is 0. The van der Waals surface area contributed by atoms with Crippen LogP contribution in [0.15, 0.2) is 51.4 Å². The molecule has 0 spiro atoms. The Kier molecular flexibility index (Phi) is 4.27. The summed E-state index contributed by atoms with van der Waals surface area (Å²) in [5.74, 6) is 0.290. The van der Waals surface area contributed by atoms with Gasteiger partial charge >= 0.3 is 0 Å². The first kappa shape index (κ1) is 16.5. The van der Waals surface area contributed by atoms with E-state index in [0.29, 0.717) is 11.0 Å². The number of hydrogen-bond acceptors (Lipinski definition) is 2. The van der Waals surface area contributed by atoms with Gasteiger partial charge in [0, 0.05) is 16.6 Å². The Morgan fingerprint density at radius 3 is 2.48 bits per heavy atom. The van der Waals surface area contributed by atoms with Crippen LogP contribution in [0.1, 0.15) is 31.0 Å². The van der Waals surface area contributed by atoms with E-state index >= 15 is 0 Å². The van der Waals surface area contributed by atoms with Gasteiger partial charge in [-0.1, -0.05) is 46.3 Å². The van der Waals surface area contributed by atoms with Gasteiger partial charge in [-0.05, 0) is 47.5 Å². The zero-order valence-corrected chi connectivity index (χ0v) is 16.1. The van der Waals surface area contributed by atoms with Crippen molar-refractivity contribution in [1.29, 1.82) is 0 Å². The molecule has 1 aliphatic rings. The molecule has 0 bridgehead atoms.